The van der Waals surface area contributed by atoms with Gasteiger partial charge in [-0.25, -0.2) is 0 Å². The zero-order valence-electron chi connectivity index (χ0n) is 10.1. The minimum Gasteiger partial charge on any atom is -0.314 e. The quantitative estimate of drug-likeness (QED) is 0.738. The van der Waals surface area contributed by atoms with Gasteiger partial charge in [0.05, 0.1) is 12.2 Å². The van der Waals surface area contributed by atoms with Crippen molar-refractivity contribution in [3.63, 3.8) is 0 Å². The number of rotatable bonds is 5. The third-order valence-electron chi connectivity index (χ3n) is 2.86. The molecule has 1 aromatic rings. The van der Waals surface area contributed by atoms with Crippen LogP contribution in [0.15, 0.2) is 6.20 Å². The van der Waals surface area contributed by atoms with Crippen LogP contribution in [0.4, 0.5) is 0 Å². The fourth-order valence-corrected chi connectivity index (χ4v) is 2.98. The van der Waals surface area contributed by atoms with Gasteiger partial charge in [0.25, 0.3) is 0 Å². The molecule has 0 unspecified atom stereocenters. The molecule has 6 nitrogen and oxygen atoms in total. The molecule has 1 saturated heterocycles. The van der Waals surface area contributed by atoms with Crippen LogP contribution in [-0.2, 0) is 23.9 Å². The van der Waals surface area contributed by atoms with E-state index >= 15 is 0 Å². The topological polar surface area (TPSA) is 63.1 Å². The number of hydrogen-bond acceptors (Lipinski definition) is 5. The average molecular weight is 257 g/mol. The second-order valence-corrected chi connectivity index (χ2v) is 5.89. The summed E-state index contributed by atoms with van der Waals surface area (Å²) in [5.74, 6) is 1.62. The molecule has 17 heavy (non-hydrogen) atoms. The van der Waals surface area contributed by atoms with Crippen LogP contribution in [0, 0.1) is 0 Å². The van der Waals surface area contributed by atoms with Crippen LogP contribution in [0.3, 0.4) is 0 Å². The van der Waals surface area contributed by atoms with Crippen LogP contribution in [0.2, 0.25) is 0 Å². The molecule has 0 amide bonds. The molecule has 0 bridgehead atoms. The van der Waals surface area contributed by atoms with Crippen LogP contribution in [0.1, 0.15) is 5.69 Å². The van der Waals surface area contributed by atoms with Crippen molar-refractivity contribution >= 4 is 10.8 Å². The van der Waals surface area contributed by atoms with Crippen molar-refractivity contribution in [3.05, 3.63) is 11.9 Å². The largest absolute Gasteiger partial charge is 0.314 e. The molecule has 0 radical (unpaired) electrons. The van der Waals surface area contributed by atoms with E-state index in [4.69, 9.17) is 0 Å². The zero-order chi connectivity index (χ0) is 12.1. The molecule has 0 aromatic carbocycles. The lowest BCUT2D eigenvalue weighted by Gasteiger charge is -2.25. The SMILES string of the molecule is CNCc1cn(CCN2CCS(=O)CC2)nn1. The van der Waals surface area contributed by atoms with E-state index in [0.717, 1.165) is 49.9 Å². The van der Waals surface area contributed by atoms with E-state index in [-0.39, 0.29) is 0 Å². The maximum atomic E-state index is 11.2. The molecule has 0 aliphatic carbocycles. The smallest absolute Gasteiger partial charge is 0.0964 e. The van der Waals surface area contributed by atoms with Crippen LogP contribution in [0.5, 0.6) is 0 Å². The van der Waals surface area contributed by atoms with E-state index in [1.807, 2.05) is 17.9 Å². The lowest BCUT2D eigenvalue weighted by Crippen LogP contribution is -2.39. The van der Waals surface area contributed by atoms with Gasteiger partial charge in [0.1, 0.15) is 0 Å². The summed E-state index contributed by atoms with van der Waals surface area (Å²) in [5, 5.41) is 11.2. The first-order valence-corrected chi connectivity index (χ1v) is 7.37. The van der Waals surface area contributed by atoms with Crippen LogP contribution in [0.25, 0.3) is 0 Å². The third-order valence-corrected chi connectivity index (χ3v) is 4.14. The lowest BCUT2D eigenvalue weighted by molar-refractivity contribution is 0.280. The van der Waals surface area contributed by atoms with Gasteiger partial charge < -0.3 is 5.32 Å². The highest BCUT2D eigenvalue weighted by atomic mass is 32.2. The first-order valence-electron chi connectivity index (χ1n) is 5.89. The summed E-state index contributed by atoms with van der Waals surface area (Å²) in [7, 11) is 1.30. The second-order valence-electron chi connectivity index (χ2n) is 4.19. The predicted octanol–water partition coefficient (Wildman–Crippen LogP) is -0.938. The van der Waals surface area contributed by atoms with Gasteiger partial charge in [0.15, 0.2) is 0 Å². The Kier molecular flexibility index (Phi) is 4.64. The summed E-state index contributed by atoms with van der Waals surface area (Å²) in [6.07, 6.45) is 1.97. The van der Waals surface area contributed by atoms with Gasteiger partial charge in [-0.15, -0.1) is 5.10 Å². The van der Waals surface area contributed by atoms with Gasteiger partial charge >= 0.3 is 0 Å². The summed E-state index contributed by atoms with van der Waals surface area (Å²) < 4.78 is 13.1. The minimum atomic E-state index is -0.592. The van der Waals surface area contributed by atoms with Gasteiger partial charge in [-0.1, -0.05) is 5.21 Å². The van der Waals surface area contributed by atoms with E-state index < -0.39 is 10.8 Å². The maximum Gasteiger partial charge on any atom is 0.0964 e. The average Bonchev–Trinajstić information content (AvgIpc) is 2.77. The fraction of sp³-hybridized carbons (Fsp3) is 0.800. The Morgan fingerprint density at radius 1 is 1.41 bits per heavy atom. The minimum absolute atomic E-state index is 0.592. The highest BCUT2D eigenvalue weighted by Crippen LogP contribution is 2.00. The zero-order valence-corrected chi connectivity index (χ0v) is 10.9. The molecule has 0 saturated carbocycles. The number of nitrogens with zero attached hydrogens (tertiary/aromatic N) is 4. The molecule has 2 rings (SSSR count). The summed E-state index contributed by atoms with van der Waals surface area (Å²) >= 11 is 0. The van der Waals surface area contributed by atoms with Crippen molar-refractivity contribution in [3.8, 4) is 0 Å². The standard InChI is InChI=1S/C10H19N5OS/c1-11-8-10-9-15(13-12-10)3-2-14-4-6-17(16)7-5-14/h9,11H,2-8H2,1H3. The third kappa shape index (κ3) is 3.86. The van der Waals surface area contributed by atoms with Gasteiger partial charge in [-0.05, 0) is 7.05 Å². The summed E-state index contributed by atoms with van der Waals surface area (Å²) in [5.41, 5.74) is 0.965. The highest BCUT2D eigenvalue weighted by Gasteiger charge is 2.14. The Morgan fingerprint density at radius 3 is 2.88 bits per heavy atom. The Labute approximate surface area is 104 Å². The highest BCUT2D eigenvalue weighted by molar-refractivity contribution is 7.85. The summed E-state index contributed by atoms with van der Waals surface area (Å²) in [6, 6.07) is 0. The maximum absolute atomic E-state index is 11.2. The normalized spacial score (nSPS) is 18.6. The molecule has 1 aliphatic heterocycles. The van der Waals surface area contributed by atoms with E-state index in [9.17, 15) is 4.21 Å². The molecule has 96 valence electrons. The van der Waals surface area contributed by atoms with Crippen molar-refractivity contribution in [1.29, 1.82) is 0 Å². The van der Waals surface area contributed by atoms with Gasteiger partial charge in [0.2, 0.25) is 0 Å². The molecule has 1 aliphatic rings. The first kappa shape index (κ1) is 12.7. The molecule has 0 atom stereocenters. The molecular weight excluding hydrogens is 238 g/mol. The number of hydrogen-bond donors (Lipinski definition) is 1. The molecule has 1 N–H and O–H groups in total. The summed E-state index contributed by atoms with van der Waals surface area (Å²) in [4.78, 5) is 2.33. The Hall–Kier alpha value is -0.790. The lowest BCUT2D eigenvalue weighted by atomic mass is 10.4. The predicted molar refractivity (Wildman–Crippen MR) is 67.1 cm³/mol. The van der Waals surface area contributed by atoms with Crippen LogP contribution >= 0.6 is 0 Å². The van der Waals surface area contributed by atoms with Gasteiger partial charge in [-0.3, -0.25) is 13.8 Å². The van der Waals surface area contributed by atoms with E-state index in [1.165, 1.54) is 0 Å². The van der Waals surface area contributed by atoms with Gasteiger partial charge in [-0.2, -0.15) is 0 Å². The monoisotopic (exact) mass is 257 g/mol. The van der Waals surface area contributed by atoms with Crippen LogP contribution in [-0.4, -0.2) is 62.3 Å². The van der Waals surface area contributed by atoms with Crippen molar-refractivity contribution in [2.75, 3.05) is 38.2 Å². The number of nitrogens with one attached hydrogen (secondary N) is 1. The molecule has 1 fully saturated rings. The van der Waals surface area contributed by atoms with E-state index in [1.54, 1.807) is 0 Å². The molecule has 0 spiro atoms. The Bertz CT molecular complexity index is 371. The van der Waals surface area contributed by atoms with E-state index in [2.05, 4.69) is 20.5 Å². The van der Waals surface area contributed by atoms with Crippen molar-refractivity contribution in [1.82, 2.24) is 25.2 Å². The van der Waals surface area contributed by atoms with Gasteiger partial charge in [0, 0.05) is 54.7 Å². The Balaban J connectivity index is 1.75. The Morgan fingerprint density at radius 2 is 2.18 bits per heavy atom. The fourth-order valence-electron chi connectivity index (χ4n) is 1.85. The van der Waals surface area contributed by atoms with E-state index in [0.29, 0.717) is 0 Å². The first-order chi connectivity index (χ1) is 8.28. The van der Waals surface area contributed by atoms with Crippen molar-refractivity contribution in [2.45, 2.75) is 13.1 Å². The molecule has 2 heterocycles. The van der Waals surface area contributed by atoms with Crippen molar-refractivity contribution < 1.29 is 4.21 Å². The van der Waals surface area contributed by atoms with Crippen molar-refractivity contribution in [2.24, 2.45) is 0 Å². The molecule has 7 heteroatoms. The number of aromatic nitrogens is 3. The molecule has 1 aromatic heterocycles. The second kappa shape index (κ2) is 6.23. The summed E-state index contributed by atoms with van der Waals surface area (Å²) in [6.45, 7) is 4.43. The molecular formula is C10H19N5OS. The van der Waals surface area contributed by atoms with Crippen LogP contribution < -0.4 is 5.32 Å².